The minimum Gasteiger partial charge on any atom is -0.450 e. The van der Waals surface area contributed by atoms with Crippen LogP contribution in [-0.4, -0.2) is 79.8 Å². The van der Waals surface area contributed by atoms with E-state index in [2.05, 4.69) is 36.3 Å². The molecule has 2 rings (SSSR count). The number of piperidine rings is 2. The number of hydrogen-bond acceptors (Lipinski definition) is 4. The zero-order chi connectivity index (χ0) is 19.6. The van der Waals surface area contributed by atoms with E-state index in [1.807, 2.05) is 6.92 Å². The Balaban J connectivity index is 1.79. The third-order valence-electron chi connectivity index (χ3n) is 5.66. The van der Waals surface area contributed by atoms with E-state index < -0.39 is 0 Å². The summed E-state index contributed by atoms with van der Waals surface area (Å²) in [6.07, 6.45) is 4.24. The van der Waals surface area contributed by atoms with Crippen molar-refractivity contribution < 1.29 is 9.53 Å². The van der Waals surface area contributed by atoms with E-state index in [0.29, 0.717) is 18.7 Å². The number of rotatable bonds is 6. The lowest BCUT2D eigenvalue weighted by molar-refractivity contribution is 0.0963. The van der Waals surface area contributed by atoms with Crippen LogP contribution in [0.5, 0.6) is 0 Å². The lowest BCUT2D eigenvalue weighted by atomic mass is 9.98. The summed E-state index contributed by atoms with van der Waals surface area (Å²) >= 11 is 0. The first-order chi connectivity index (χ1) is 13.0. The molecule has 2 heterocycles. The van der Waals surface area contributed by atoms with Gasteiger partial charge in [-0.05, 0) is 65.5 Å². The van der Waals surface area contributed by atoms with Crippen LogP contribution in [0.15, 0.2) is 4.99 Å². The molecule has 0 aromatic carbocycles. The molecule has 0 aliphatic carbocycles. The van der Waals surface area contributed by atoms with Gasteiger partial charge in [-0.2, -0.15) is 0 Å². The van der Waals surface area contributed by atoms with Gasteiger partial charge in [-0.25, -0.2) is 4.79 Å². The van der Waals surface area contributed by atoms with Crippen LogP contribution >= 0.6 is 0 Å². The molecule has 2 aliphatic heterocycles. The number of ether oxygens (including phenoxy) is 1. The normalized spacial score (nSPS) is 21.8. The topological polar surface area (TPSA) is 69.2 Å². The molecular formula is C20H39N5O2. The summed E-state index contributed by atoms with van der Waals surface area (Å²) in [4.78, 5) is 21.0. The lowest BCUT2D eigenvalue weighted by Crippen LogP contribution is -2.50. The van der Waals surface area contributed by atoms with Crippen molar-refractivity contribution in [3.63, 3.8) is 0 Å². The molecule has 0 radical (unpaired) electrons. The molecule has 156 valence electrons. The predicted octanol–water partition coefficient (Wildman–Crippen LogP) is 2.28. The molecule has 7 heteroatoms. The van der Waals surface area contributed by atoms with E-state index >= 15 is 0 Å². The molecule has 1 amide bonds. The standard InChI is InChI=1S/C20H39N5O2/c1-5-21-19(22-15-17(4)24-11-7-16(3)8-12-24)23-18-9-13-25(14-10-18)20(26)27-6-2/h16-18H,5-15H2,1-4H3,(H2,21,22,23). The average molecular weight is 382 g/mol. The van der Waals surface area contributed by atoms with Gasteiger partial charge in [-0.3, -0.25) is 9.89 Å². The van der Waals surface area contributed by atoms with Crippen molar-refractivity contribution in [3.05, 3.63) is 0 Å². The fraction of sp³-hybridized carbons (Fsp3) is 0.900. The zero-order valence-electron chi connectivity index (χ0n) is 17.7. The molecule has 2 N–H and O–H groups in total. The van der Waals surface area contributed by atoms with Gasteiger partial charge in [0.2, 0.25) is 0 Å². The van der Waals surface area contributed by atoms with Gasteiger partial charge in [0, 0.05) is 31.7 Å². The van der Waals surface area contributed by atoms with E-state index in [1.54, 1.807) is 4.90 Å². The molecule has 7 nitrogen and oxygen atoms in total. The Morgan fingerprint density at radius 1 is 1.15 bits per heavy atom. The van der Waals surface area contributed by atoms with Gasteiger partial charge >= 0.3 is 6.09 Å². The highest BCUT2D eigenvalue weighted by Gasteiger charge is 2.24. The van der Waals surface area contributed by atoms with E-state index in [-0.39, 0.29) is 6.09 Å². The van der Waals surface area contributed by atoms with E-state index in [0.717, 1.165) is 50.9 Å². The number of carbonyl (C=O) groups is 1. The van der Waals surface area contributed by atoms with E-state index in [4.69, 9.17) is 9.73 Å². The molecule has 0 aromatic heterocycles. The minimum absolute atomic E-state index is 0.193. The van der Waals surface area contributed by atoms with Crippen LogP contribution in [-0.2, 0) is 4.74 Å². The largest absolute Gasteiger partial charge is 0.450 e. The van der Waals surface area contributed by atoms with Crippen molar-refractivity contribution in [2.24, 2.45) is 10.9 Å². The second-order valence-corrected chi connectivity index (χ2v) is 7.89. The van der Waals surface area contributed by atoms with Crippen LogP contribution in [0.3, 0.4) is 0 Å². The molecule has 0 saturated carbocycles. The third-order valence-corrected chi connectivity index (χ3v) is 5.66. The van der Waals surface area contributed by atoms with Crippen LogP contribution in [0.1, 0.15) is 53.4 Å². The first-order valence-corrected chi connectivity index (χ1v) is 10.7. The molecule has 2 fully saturated rings. The third kappa shape index (κ3) is 7.20. The molecule has 0 spiro atoms. The Bertz CT molecular complexity index is 469. The van der Waals surface area contributed by atoms with Crippen molar-refractivity contribution in [2.75, 3.05) is 45.9 Å². The summed E-state index contributed by atoms with van der Waals surface area (Å²) in [5.74, 6) is 1.75. The SMILES string of the molecule is CCNC(=NCC(C)N1CCC(C)CC1)NC1CCN(C(=O)OCC)CC1. The number of guanidine groups is 1. The minimum atomic E-state index is -0.193. The van der Waals surface area contributed by atoms with Crippen LogP contribution in [0, 0.1) is 5.92 Å². The summed E-state index contributed by atoms with van der Waals surface area (Å²) in [5, 5.41) is 6.92. The predicted molar refractivity (Wildman–Crippen MR) is 110 cm³/mol. The van der Waals surface area contributed by atoms with Gasteiger partial charge in [0.25, 0.3) is 0 Å². The fourth-order valence-corrected chi connectivity index (χ4v) is 3.74. The fourth-order valence-electron chi connectivity index (χ4n) is 3.74. The van der Waals surface area contributed by atoms with Gasteiger partial charge < -0.3 is 20.3 Å². The summed E-state index contributed by atoms with van der Waals surface area (Å²) in [5.41, 5.74) is 0. The second kappa shape index (κ2) is 11.4. The average Bonchev–Trinajstić information content (AvgIpc) is 2.67. The van der Waals surface area contributed by atoms with Crippen molar-refractivity contribution >= 4 is 12.1 Å². The monoisotopic (exact) mass is 381 g/mol. The Morgan fingerprint density at radius 2 is 1.81 bits per heavy atom. The highest BCUT2D eigenvalue weighted by molar-refractivity contribution is 5.80. The summed E-state index contributed by atoms with van der Waals surface area (Å²) in [6.45, 7) is 14.5. The Hall–Kier alpha value is -1.50. The molecule has 1 unspecified atom stereocenters. The smallest absolute Gasteiger partial charge is 0.409 e. The van der Waals surface area contributed by atoms with Crippen LogP contribution in [0.25, 0.3) is 0 Å². The first kappa shape index (κ1) is 21.8. The molecule has 0 bridgehead atoms. The Kier molecular flexibility index (Phi) is 9.18. The Labute approximate surface area is 164 Å². The summed E-state index contributed by atoms with van der Waals surface area (Å²) in [7, 11) is 0. The van der Waals surface area contributed by atoms with E-state index in [1.165, 1.54) is 25.9 Å². The summed E-state index contributed by atoms with van der Waals surface area (Å²) < 4.78 is 5.09. The number of nitrogens with one attached hydrogen (secondary N) is 2. The summed E-state index contributed by atoms with van der Waals surface area (Å²) in [6, 6.07) is 0.818. The quantitative estimate of drug-likeness (QED) is 0.546. The second-order valence-electron chi connectivity index (χ2n) is 7.89. The molecule has 2 aliphatic rings. The van der Waals surface area contributed by atoms with Crippen molar-refractivity contribution in [2.45, 2.75) is 65.5 Å². The number of nitrogens with zero attached hydrogens (tertiary/aromatic N) is 3. The Morgan fingerprint density at radius 3 is 2.41 bits per heavy atom. The molecular weight excluding hydrogens is 342 g/mol. The van der Waals surface area contributed by atoms with Crippen LogP contribution in [0.4, 0.5) is 4.79 Å². The first-order valence-electron chi connectivity index (χ1n) is 10.7. The molecule has 1 atom stereocenters. The van der Waals surface area contributed by atoms with Gasteiger partial charge in [0.1, 0.15) is 0 Å². The maximum Gasteiger partial charge on any atom is 0.409 e. The molecule has 2 saturated heterocycles. The van der Waals surface area contributed by atoms with Crippen LogP contribution < -0.4 is 10.6 Å². The van der Waals surface area contributed by atoms with Crippen LogP contribution in [0.2, 0.25) is 0 Å². The zero-order valence-corrected chi connectivity index (χ0v) is 17.7. The van der Waals surface area contributed by atoms with E-state index in [9.17, 15) is 4.79 Å². The lowest BCUT2D eigenvalue weighted by Gasteiger charge is -2.34. The molecule has 27 heavy (non-hydrogen) atoms. The number of amides is 1. The number of likely N-dealkylation sites (tertiary alicyclic amines) is 2. The maximum atomic E-state index is 11.8. The van der Waals surface area contributed by atoms with Gasteiger partial charge in [0.15, 0.2) is 5.96 Å². The van der Waals surface area contributed by atoms with Crippen molar-refractivity contribution in [1.29, 1.82) is 0 Å². The molecule has 0 aromatic rings. The number of hydrogen-bond donors (Lipinski definition) is 2. The van der Waals surface area contributed by atoms with Crippen molar-refractivity contribution in [3.8, 4) is 0 Å². The van der Waals surface area contributed by atoms with Crippen molar-refractivity contribution in [1.82, 2.24) is 20.4 Å². The van der Waals surface area contributed by atoms with Gasteiger partial charge in [-0.1, -0.05) is 6.92 Å². The number of aliphatic imine (C=N–C) groups is 1. The highest BCUT2D eigenvalue weighted by atomic mass is 16.6. The maximum absolute atomic E-state index is 11.8. The highest BCUT2D eigenvalue weighted by Crippen LogP contribution is 2.18. The van der Waals surface area contributed by atoms with Gasteiger partial charge in [0.05, 0.1) is 13.2 Å². The number of carbonyl (C=O) groups excluding carboxylic acids is 1. The van der Waals surface area contributed by atoms with Gasteiger partial charge in [-0.15, -0.1) is 0 Å².